The van der Waals surface area contributed by atoms with Crippen LogP contribution >= 0.6 is 0 Å². The molecule has 1 saturated heterocycles. The number of carbonyl (C=O) groups excluding carboxylic acids is 1. The minimum atomic E-state index is -0.390. The second-order valence-corrected chi connectivity index (χ2v) is 4.41. The van der Waals surface area contributed by atoms with Crippen molar-refractivity contribution in [3.8, 4) is 0 Å². The largest absolute Gasteiger partial charge is 0.352 e. The van der Waals surface area contributed by atoms with Gasteiger partial charge in [-0.1, -0.05) is 6.92 Å². The number of nitrogens with two attached hydrogens (primary N) is 1. The fourth-order valence-electron chi connectivity index (χ4n) is 1.95. The van der Waals surface area contributed by atoms with Gasteiger partial charge >= 0.3 is 0 Å². The van der Waals surface area contributed by atoms with Crippen molar-refractivity contribution in [3.63, 3.8) is 0 Å². The molecule has 0 bridgehead atoms. The third kappa shape index (κ3) is 4.18. The number of rotatable bonds is 4. The van der Waals surface area contributed by atoms with Gasteiger partial charge in [-0.15, -0.1) is 0 Å². The smallest absolute Gasteiger partial charge is 0.236 e. The van der Waals surface area contributed by atoms with E-state index in [1.54, 1.807) is 6.92 Å². The molecule has 1 amide bonds. The topological polar surface area (TPSA) is 58.4 Å². The van der Waals surface area contributed by atoms with E-state index in [-0.39, 0.29) is 5.91 Å². The Kier molecular flexibility index (Phi) is 5.05. The third-order valence-corrected chi connectivity index (χ3v) is 2.89. The van der Waals surface area contributed by atoms with Crippen LogP contribution in [0, 0.1) is 0 Å². The predicted octanol–water partition coefficient (Wildman–Crippen LogP) is 0.324. The average Bonchev–Trinajstić information content (AvgIpc) is 2.21. The first kappa shape index (κ1) is 12.5. The zero-order valence-electron chi connectivity index (χ0n) is 9.83. The van der Waals surface area contributed by atoms with Gasteiger partial charge in [0.05, 0.1) is 6.04 Å². The summed E-state index contributed by atoms with van der Waals surface area (Å²) in [6, 6.07) is -0.0599. The average molecular weight is 213 g/mol. The monoisotopic (exact) mass is 213 g/mol. The Hall–Kier alpha value is -0.610. The summed E-state index contributed by atoms with van der Waals surface area (Å²) in [5.41, 5.74) is 5.51. The van der Waals surface area contributed by atoms with Crippen LogP contribution in [0.3, 0.4) is 0 Å². The maximum Gasteiger partial charge on any atom is 0.236 e. The van der Waals surface area contributed by atoms with E-state index in [0.29, 0.717) is 6.04 Å². The molecule has 0 saturated carbocycles. The SMILES string of the molecule is CCCN1CCC(NC(=O)[C@@H](C)N)CC1. The fourth-order valence-corrected chi connectivity index (χ4v) is 1.95. The summed E-state index contributed by atoms with van der Waals surface area (Å²) >= 11 is 0. The van der Waals surface area contributed by atoms with E-state index >= 15 is 0 Å². The Morgan fingerprint density at radius 2 is 2.13 bits per heavy atom. The molecule has 0 aromatic carbocycles. The summed E-state index contributed by atoms with van der Waals surface area (Å²) in [6.45, 7) is 7.29. The van der Waals surface area contributed by atoms with Crippen molar-refractivity contribution in [2.75, 3.05) is 19.6 Å². The van der Waals surface area contributed by atoms with Crippen molar-refractivity contribution in [3.05, 3.63) is 0 Å². The van der Waals surface area contributed by atoms with Crippen molar-refractivity contribution in [1.29, 1.82) is 0 Å². The Morgan fingerprint density at radius 3 is 2.60 bits per heavy atom. The highest BCUT2D eigenvalue weighted by molar-refractivity contribution is 5.81. The Bertz CT molecular complexity index is 198. The zero-order valence-corrected chi connectivity index (χ0v) is 9.83. The van der Waals surface area contributed by atoms with E-state index in [1.165, 1.54) is 13.0 Å². The molecule has 4 nitrogen and oxygen atoms in total. The number of hydrogen-bond donors (Lipinski definition) is 2. The van der Waals surface area contributed by atoms with Crippen molar-refractivity contribution < 1.29 is 4.79 Å². The number of nitrogens with one attached hydrogen (secondary N) is 1. The Morgan fingerprint density at radius 1 is 1.53 bits per heavy atom. The molecule has 15 heavy (non-hydrogen) atoms. The quantitative estimate of drug-likeness (QED) is 0.707. The van der Waals surface area contributed by atoms with Gasteiger partial charge in [0.15, 0.2) is 0 Å². The van der Waals surface area contributed by atoms with E-state index in [2.05, 4.69) is 17.1 Å². The second kappa shape index (κ2) is 6.08. The zero-order chi connectivity index (χ0) is 11.3. The van der Waals surface area contributed by atoms with Crippen molar-refractivity contribution in [1.82, 2.24) is 10.2 Å². The first-order valence-electron chi connectivity index (χ1n) is 5.91. The molecule has 0 spiro atoms. The molecule has 1 rings (SSSR count). The van der Waals surface area contributed by atoms with Crippen LogP contribution in [-0.4, -0.2) is 42.5 Å². The fraction of sp³-hybridized carbons (Fsp3) is 0.909. The molecule has 1 atom stereocenters. The number of amides is 1. The van der Waals surface area contributed by atoms with Crippen LogP contribution in [0.4, 0.5) is 0 Å². The van der Waals surface area contributed by atoms with Gasteiger partial charge in [0.1, 0.15) is 0 Å². The molecule has 1 heterocycles. The van der Waals surface area contributed by atoms with Gasteiger partial charge in [-0.2, -0.15) is 0 Å². The second-order valence-electron chi connectivity index (χ2n) is 4.41. The van der Waals surface area contributed by atoms with Crippen molar-refractivity contribution >= 4 is 5.91 Å². The lowest BCUT2D eigenvalue weighted by molar-refractivity contribution is -0.123. The van der Waals surface area contributed by atoms with Crippen LogP contribution in [-0.2, 0) is 4.79 Å². The molecule has 4 heteroatoms. The normalized spacial score (nSPS) is 21.3. The molecule has 0 aromatic rings. The third-order valence-electron chi connectivity index (χ3n) is 2.89. The van der Waals surface area contributed by atoms with E-state index in [1.807, 2.05) is 0 Å². The van der Waals surface area contributed by atoms with Crippen LogP contribution in [0.15, 0.2) is 0 Å². The highest BCUT2D eigenvalue weighted by atomic mass is 16.2. The van der Waals surface area contributed by atoms with Crippen LogP contribution in [0.2, 0.25) is 0 Å². The van der Waals surface area contributed by atoms with Crippen molar-refractivity contribution in [2.24, 2.45) is 5.73 Å². The molecule has 88 valence electrons. The maximum atomic E-state index is 11.4. The molecule has 0 aliphatic carbocycles. The summed E-state index contributed by atoms with van der Waals surface area (Å²) in [5, 5.41) is 2.99. The molecular formula is C11H23N3O. The van der Waals surface area contributed by atoms with Crippen LogP contribution in [0.1, 0.15) is 33.1 Å². The highest BCUT2D eigenvalue weighted by Gasteiger charge is 2.20. The van der Waals surface area contributed by atoms with Crippen LogP contribution < -0.4 is 11.1 Å². The standard InChI is InChI=1S/C11H23N3O/c1-3-6-14-7-4-10(5-8-14)13-11(15)9(2)12/h9-10H,3-8,12H2,1-2H3,(H,13,15)/t9-/m1/s1. The van der Waals surface area contributed by atoms with Gasteiger partial charge < -0.3 is 16.0 Å². The molecule has 1 fully saturated rings. The lowest BCUT2D eigenvalue weighted by Crippen LogP contribution is -2.48. The number of nitrogens with zero attached hydrogens (tertiary/aromatic N) is 1. The summed E-state index contributed by atoms with van der Waals surface area (Å²) in [4.78, 5) is 13.8. The molecule has 1 aliphatic heterocycles. The predicted molar refractivity (Wildman–Crippen MR) is 61.5 cm³/mol. The minimum absolute atomic E-state index is 0.0241. The maximum absolute atomic E-state index is 11.4. The molecule has 1 aliphatic rings. The summed E-state index contributed by atoms with van der Waals surface area (Å²) in [6.07, 6.45) is 3.31. The van der Waals surface area contributed by atoms with Gasteiger partial charge in [0.2, 0.25) is 5.91 Å². The van der Waals surface area contributed by atoms with Gasteiger partial charge in [0, 0.05) is 19.1 Å². The van der Waals surface area contributed by atoms with Gasteiger partial charge in [-0.3, -0.25) is 4.79 Å². The number of piperidine rings is 1. The van der Waals surface area contributed by atoms with Crippen molar-refractivity contribution in [2.45, 2.75) is 45.2 Å². The molecule has 3 N–H and O–H groups in total. The number of likely N-dealkylation sites (tertiary alicyclic amines) is 1. The highest BCUT2D eigenvalue weighted by Crippen LogP contribution is 2.10. The van der Waals surface area contributed by atoms with Crippen LogP contribution in [0.25, 0.3) is 0 Å². The molecule has 0 aromatic heterocycles. The summed E-state index contributed by atoms with van der Waals surface area (Å²) in [7, 11) is 0. The van der Waals surface area contributed by atoms with E-state index < -0.39 is 6.04 Å². The lowest BCUT2D eigenvalue weighted by atomic mass is 10.0. The van der Waals surface area contributed by atoms with Gasteiger partial charge in [0.25, 0.3) is 0 Å². The Balaban J connectivity index is 2.22. The van der Waals surface area contributed by atoms with Gasteiger partial charge in [-0.05, 0) is 32.7 Å². The number of carbonyl (C=O) groups is 1. The first-order chi connectivity index (χ1) is 7.13. The molecular weight excluding hydrogens is 190 g/mol. The Labute approximate surface area is 92.2 Å². The van der Waals surface area contributed by atoms with E-state index in [9.17, 15) is 4.79 Å². The molecule has 0 unspecified atom stereocenters. The van der Waals surface area contributed by atoms with Gasteiger partial charge in [-0.25, -0.2) is 0 Å². The van der Waals surface area contributed by atoms with E-state index in [0.717, 1.165) is 25.9 Å². The summed E-state index contributed by atoms with van der Waals surface area (Å²) < 4.78 is 0. The van der Waals surface area contributed by atoms with Crippen LogP contribution in [0.5, 0.6) is 0 Å². The minimum Gasteiger partial charge on any atom is -0.352 e. The summed E-state index contributed by atoms with van der Waals surface area (Å²) in [5.74, 6) is -0.0241. The number of hydrogen-bond acceptors (Lipinski definition) is 3. The van der Waals surface area contributed by atoms with E-state index in [4.69, 9.17) is 5.73 Å². The first-order valence-corrected chi connectivity index (χ1v) is 5.91. The lowest BCUT2D eigenvalue weighted by Gasteiger charge is -2.32. The molecule has 0 radical (unpaired) electrons.